The number of hydrogen-bond donors (Lipinski definition) is 1. The molecule has 0 aliphatic heterocycles. The number of rotatable bonds is 8. The first-order valence-corrected chi connectivity index (χ1v) is 8.63. The number of hydrogen-bond acceptors (Lipinski definition) is 3. The lowest BCUT2D eigenvalue weighted by Crippen LogP contribution is -2.23. The molecule has 1 aromatic carbocycles. The molecule has 114 valence electrons. The highest BCUT2D eigenvalue weighted by molar-refractivity contribution is 7.51. The molecular formula is C15H26NO3P. The molecule has 0 bridgehead atoms. The van der Waals surface area contributed by atoms with Crippen molar-refractivity contribution in [3.05, 3.63) is 35.9 Å². The van der Waals surface area contributed by atoms with Crippen molar-refractivity contribution in [2.45, 2.75) is 52.7 Å². The van der Waals surface area contributed by atoms with Gasteiger partial charge in [-0.05, 0) is 39.2 Å². The second-order valence-electron chi connectivity index (χ2n) is 5.48. The minimum atomic E-state index is -3.26. The Bertz CT molecular complexity index is 420. The maximum atomic E-state index is 12.6. The zero-order valence-electron chi connectivity index (χ0n) is 13.0. The lowest BCUT2D eigenvalue weighted by atomic mass is 10.0. The molecule has 1 atom stereocenters. The van der Waals surface area contributed by atoms with E-state index in [4.69, 9.17) is 9.05 Å². The maximum absolute atomic E-state index is 12.6. The summed E-state index contributed by atoms with van der Waals surface area (Å²) >= 11 is 0. The topological polar surface area (TPSA) is 47.6 Å². The number of benzene rings is 1. The Kier molecular flexibility index (Phi) is 6.90. The molecule has 20 heavy (non-hydrogen) atoms. The second-order valence-corrected chi connectivity index (χ2v) is 7.21. The van der Waals surface area contributed by atoms with E-state index >= 15 is 0 Å². The third-order valence-electron chi connectivity index (χ3n) is 2.66. The van der Waals surface area contributed by atoms with Crippen molar-refractivity contribution < 1.29 is 13.6 Å². The van der Waals surface area contributed by atoms with Crippen LogP contribution in [0.15, 0.2) is 30.3 Å². The van der Waals surface area contributed by atoms with Crippen molar-refractivity contribution >= 4 is 7.75 Å². The van der Waals surface area contributed by atoms with Gasteiger partial charge >= 0.3 is 7.75 Å². The van der Waals surface area contributed by atoms with Crippen LogP contribution in [0, 0.1) is 0 Å². The van der Waals surface area contributed by atoms with Crippen LogP contribution in [0.4, 0.5) is 0 Å². The van der Waals surface area contributed by atoms with E-state index in [-0.39, 0.29) is 18.1 Å². The van der Waals surface area contributed by atoms with E-state index in [2.05, 4.69) is 24.1 Å². The van der Waals surface area contributed by atoms with Gasteiger partial charge in [0.15, 0.2) is 0 Å². The molecule has 0 saturated carbocycles. The van der Waals surface area contributed by atoms with Crippen molar-refractivity contribution in [1.29, 1.82) is 0 Å². The fourth-order valence-electron chi connectivity index (χ4n) is 1.80. The summed E-state index contributed by atoms with van der Waals surface area (Å²) in [7, 11) is -3.26. The molecular weight excluding hydrogens is 273 g/mol. The van der Waals surface area contributed by atoms with Gasteiger partial charge in [0.1, 0.15) is 0 Å². The lowest BCUT2D eigenvalue weighted by Gasteiger charge is -2.24. The van der Waals surface area contributed by atoms with Gasteiger partial charge in [0, 0.05) is 6.54 Å². The Morgan fingerprint density at radius 1 is 1.00 bits per heavy atom. The summed E-state index contributed by atoms with van der Waals surface area (Å²) in [6, 6.07) is 10.1. The summed E-state index contributed by atoms with van der Waals surface area (Å²) < 4.78 is 23.5. The van der Waals surface area contributed by atoms with Crippen molar-refractivity contribution in [3.63, 3.8) is 0 Å². The Morgan fingerprint density at radius 2 is 1.50 bits per heavy atom. The van der Waals surface area contributed by atoms with E-state index in [0.29, 0.717) is 6.54 Å². The zero-order valence-corrected chi connectivity index (χ0v) is 13.9. The fourth-order valence-corrected chi connectivity index (χ4v) is 3.61. The van der Waals surface area contributed by atoms with Crippen molar-refractivity contribution in [3.8, 4) is 0 Å². The van der Waals surface area contributed by atoms with Crippen LogP contribution >= 0.6 is 7.75 Å². The highest BCUT2D eigenvalue weighted by atomic mass is 31.2. The van der Waals surface area contributed by atoms with Crippen LogP contribution in [-0.2, 0) is 13.6 Å². The zero-order chi connectivity index (χ0) is 15.2. The molecule has 1 rings (SSSR count). The van der Waals surface area contributed by atoms with Gasteiger partial charge in [0.05, 0.1) is 12.2 Å². The lowest BCUT2D eigenvalue weighted by molar-refractivity contribution is 0.135. The van der Waals surface area contributed by atoms with Crippen LogP contribution in [0.2, 0.25) is 0 Å². The third-order valence-corrected chi connectivity index (χ3v) is 4.63. The molecule has 1 aromatic rings. The van der Waals surface area contributed by atoms with Crippen molar-refractivity contribution in [1.82, 2.24) is 5.09 Å². The summed E-state index contributed by atoms with van der Waals surface area (Å²) in [6.07, 6.45) is -0.307. The van der Waals surface area contributed by atoms with Gasteiger partial charge in [-0.1, -0.05) is 37.3 Å². The Hall–Kier alpha value is -0.670. The minimum absolute atomic E-state index is 0.154. The van der Waals surface area contributed by atoms with Crippen LogP contribution in [0.25, 0.3) is 0 Å². The standard InChI is InChI=1S/C15H26NO3P/c1-12(2)18-20(17,19-13(3)4)16-11-14(5)15-9-7-6-8-10-15/h6-10,12-14H,11H2,1-5H3,(H,16,17). The van der Waals surface area contributed by atoms with E-state index in [9.17, 15) is 4.57 Å². The minimum Gasteiger partial charge on any atom is -0.294 e. The number of nitrogens with one attached hydrogen (secondary N) is 1. The quantitative estimate of drug-likeness (QED) is 0.725. The van der Waals surface area contributed by atoms with Crippen LogP contribution < -0.4 is 5.09 Å². The van der Waals surface area contributed by atoms with E-state index < -0.39 is 7.75 Å². The van der Waals surface area contributed by atoms with Gasteiger partial charge in [-0.15, -0.1) is 0 Å². The first-order valence-electron chi connectivity index (χ1n) is 7.09. The SMILES string of the molecule is CC(C)OP(=O)(NCC(C)c1ccccc1)OC(C)C. The molecule has 5 heteroatoms. The van der Waals surface area contributed by atoms with Crippen LogP contribution in [-0.4, -0.2) is 18.8 Å². The third kappa shape index (κ3) is 6.19. The molecule has 0 aromatic heterocycles. The van der Waals surface area contributed by atoms with Gasteiger partial charge in [-0.2, -0.15) is 0 Å². The molecule has 0 aliphatic carbocycles. The van der Waals surface area contributed by atoms with Gasteiger partial charge in [0.2, 0.25) is 0 Å². The van der Waals surface area contributed by atoms with Gasteiger partial charge < -0.3 is 0 Å². The normalized spacial score (nSPS) is 13.9. The maximum Gasteiger partial charge on any atom is 0.406 e. The molecule has 4 nitrogen and oxygen atoms in total. The summed E-state index contributed by atoms with van der Waals surface area (Å²) in [5.74, 6) is 0.232. The molecule has 0 heterocycles. The van der Waals surface area contributed by atoms with Crippen molar-refractivity contribution in [2.24, 2.45) is 0 Å². The molecule has 1 unspecified atom stereocenters. The molecule has 0 radical (unpaired) electrons. The van der Waals surface area contributed by atoms with E-state index in [1.165, 1.54) is 5.56 Å². The fraction of sp³-hybridized carbons (Fsp3) is 0.600. The average Bonchev–Trinajstić information content (AvgIpc) is 2.35. The molecule has 1 N–H and O–H groups in total. The van der Waals surface area contributed by atoms with Crippen LogP contribution in [0.1, 0.15) is 46.1 Å². The summed E-state index contributed by atoms with van der Waals surface area (Å²) in [6.45, 7) is 10.0. The molecule has 0 amide bonds. The monoisotopic (exact) mass is 299 g/mol. The van der Waals surface area contributed by atoms with Gasteiger partial charge in [-0.3, -0.25) is 9.05 Å². The van der Waals surface area contributed by atoms with Crippen LogP contribution in [0.3, 0.4) is 0 Å². The predicted octanol–water partition coefficient (Wildman–Crippen LogP) is 4.34. The van der Waals surface area contributed by atoms with Crippen molar-refractivity contribution in [2.75, 3.05) is 6.54 Å². The Morgan fingerprint density at radius 3 is 1.95 bits per heavy atom. The summed E-state index contributed by atoms with van der Waals surface area (Å²) in [4.78, 5) is 0. The molecule has 0 spiro atoms. The van der Waals surface area contributed by atoms with Crippen LogP contribution in [0.5, 0.6) is 0 Å². The van der Waals surface area contributed by atoms with Gasteiger partial charge in [0.25, 0.3) is 0 Å². The highest BCUT2D eigenvalue weighted by Crippen LogP contribution is 2.46. The highest BCUT2D eigenvalue weighted by Gasteiger charge is 2.28. The second kappa shape index (κ2) is 7.94. The van der Waals surface area contributed by atoms with Gasteiger partial charge in [-0.25, -0.2) is 9.65 Å². The first-order chi connectivity index (χ1) is 9.32. The van der Waals surface area contributed by atoms with E-state index in [0.717, 1.165) is 0 Å². The molecule has 0 aliphatic rings. The Labute approximate surface area is 122 Å². The van der Waals surface area contributed by atoms with E-state index in [1.807, 2.05) is 45.9 Å². The van der Waals surface area contributed by atoms with E-state index in [1.54, 1.807) is 0 Å². The summed E-state index contributed by atoms with van der Waals surface area (Å²) in [5, 5.41) is 2.97. The largest absolute Gasteiger partial charge is 0.406 e. The summed E-state index contributed by atoms with van der Waals surface area (Å²) in [5.41, 5.74) is 1.20. The molecule has 0 fully saturated rings. The average molecular weight is 299 g/mol. The Balaban J connectivity index is 2.64. The predicted molar refractivity (Wildman–Crippen MR) is 82.9 cm³/mol. The first kappa shape index (κ1) is 17.4. The molecule has 0 saturated heterocycles. The smallest absolute Gasteiger partial charge is 0.294 e.